The van der Waals surface area contributed by atoms with E-state index < -0.39 is 0 Å². The molecule has 0 unspecified atom stereocenters. The van der Waals surface area contributed by atoms with Crippen molar-refractivity contribution in [3.63, 3.8) is 0 Å². The summed E-state index contributed by atoms with van der Waals surface area (Å²) in [7, 11) is 1.69. The van der Waals surface area contributed by atoms with Crippen molar-refractivity contribution in [2.75, 3.05) is 13.7 Å². The number of aromatic nitrogens is 1. The fourth-order valence-corrected chi connectivity index (χ4v) is 3.23. The first kappa shape index (κ1) is 25.5. The third-order valence-electron chi connectivity index (χ3n) is 4.93. The minimum Gasteiger partial charge on any atom is -0.496 e. The minimum absolute atomic E-state index is 0. The van der Waals surface area contributed by atoms with Crippen LogP contribution < -0.4 is 20.9 Å². The Morgan fingerprint density at radius 1 is 1.03 bits per heavy atom. The van der Waals surface area contributed by atoms with Gasteiger partial charge in [-0.2, -0.15) is 0 Å². The maximum absolute atomic E-state index is 11.9. The van der Waals surface area contributed by atoms with Crippen molar-refractivity contribution in [2.24, 2.45) is 4.99 Å². The molecule has 0 saturated heterocycles. The first-order valence-corrected chi connectivity index (χ1v) is 10.5. The Morgan fingerprint density at radius 3 is 2.47 bits per heavy atom. The fraction of sp³-hybridized carbons (Fsp3) is 0.280. The van der Waals surface area contributed by atoms with Gasteiger partial charge in [-0.25, -0.2) is 4.99 Å². The van der Waals surface area contributed by atoms with Gasteiger partial charge in [-0.1, -0.05) is 42.5 Å². The van der Waals surface area contributed by atoms with Gasteiger partial charge in [0.25, 0.3) is 5.56 Å². The zero-order chi connectivity index (χ0) is 22.1. The number of methoxy groups -OCH3 is 1. The molecule has 0 aliphatic carbocycles. The maximum Gasteiger partial charge on any atom is 0.250 e. The molecular formula is C25H31IN4O2. The molecular weight excluding hydrogens is 515 g/mol. The number of guanidine groups is 1. The summed E-state index contributed by atoms with van der Waals surface area (Å²) in [6.45, 7) is 6.62. The lowest BCUT2D eigenvalue weighted by Gasteiger charge is -2.14. The van der Waals surface area contributed by atoms with Gasteiger partial charge in [0.2, 0.25) is 0 Å². The van der Waals surface area contributed by atoms with Crippen LogP contribution in [0.1, 0.15) is 29.2 Å². The summed E-state index contributed by atoms with van der Waals surface area (Å²) < 4.78 is 7.18. The lowest BCUT2D eigenvalue weighted by molar-refractivity contribution is 0.408. The maximum atomic E-state index is 11.9. The Hall–Kier alpha value is -2.81. The summed E-state index contributed by atoms with van der Waals surface area (Å²) in [6, 6.07) is 19.6. The topological polar surface area (TPSA) is 67.7 Å². The Morgan fingerprint density at radius 2 is 1.78 bits per heavy atom. The van der Waals surface area contributed by atoms with E-state index >= 15 is 0 Å². The third kappa shape index (κ3) is 7.40. The Labute approximate surface area is 206 Å². The van der Waals surface area contributed by atoms with E-state index in [1.54, 1.807) is 30.0 Å². The smallest absolute Gasteiger partial charge is 0.250 e. The summed E-state index contributed by atoms with van der Waals surface area (Å²) in [4.78, 5) is 16.6. The SMILES string of the molecule is CCNC(=NCc1ccc(Cn2ccccc2=O)cc1)NCc1ccc(C)cc1OC.I. The molecule has 3 rings (SSSR count). The molecule has 7 heteroatoms. The van der Waals surface area contributed by atoms with Gasteiger partial charge in [0.15, 0.2) is 5.96 Å². The standard InChI is InChI=1S/C25H30N4O2.HI/c1-4-26-25(28-17-22-13-8-19(2)15-23(22)31-3)27-16-20-9-11-21(12-10-20)18-29-14-6-5-7-24(29)30;/h5-15H,4,16-18H2,1-3H3,(H2,26,27,28);1H. The predicted molar refractivity (Wildman–Crippen MR) is 141 cm³/mol. The van der Waals surface area contributed by atoms with E-state index in [1.165, 1.54) is 5.56 Å². The van der Waals surface area contributed by atoms with Crippen molar-refractivity contribution >= 4 is 29.9 Å². The fourth-order valence-electron chi connectivity index (χ4n) is 3.23. The molecule has 0 fully saturated rings. The highest BCUT2D eigenvalue weighted by atomic mass is 127. The van der Waals surface area contributed by atoms with E-state index in [4.69, 9.17) is 9.73 Å². The van der Waals surface area contributed by atoms with Gasteiger partial charge in [0.05, 0.1) is 20.2 Å². The van der Waals surface area contributed by atoms with E-state index in [1.807, 2.05) is 31.2 Å². The van der Waals surface area contributed by atoms with Crippen LogP contribution in [0.4, 0.5) is 0 Å². The first-order valence-electron chi connectivity index (χ1n) is 10.5. The molecule has 0 aliphatic heterocycles. The van der Waals surface area contributed by atoms with Crippen molar-refractivity contribution in [3.05, 3.63) is 99.5 Å². The van der Waals surface area contributed by atoms with Crippen molar-refractivity contribution in [1.82, 2.24) is 15.2 Å². The monoisotopic (exact) mass is 546 g/mol. The molecule has 170 valence electrons. The lowest BCUT2D eigenvalue weighted by atomic mass is 10.1. The molecule has 0 bridgehead atoms. The number of hydrogen-bond donors (Lipinski definition) is 2. The number of aryl methyl sites for hydroxylation is 1. The van der Waals surface area contributed by atoms with Crippen molar-refractivity contribution in [1.29, 1.82) is 0 Å². The Balaban J connectivity index is 0.00000363. The molecule has 2 N–H and O–H groups in total. The van der Waals surface area contributed by atoms with E-state index in [0.717, 1.165) is 34.9 Å². The predicted octanol–water partition coefficient (Wildman–Crippen LogP) is 4.09. The molecule has 1 aromatic heterocycles. The highest BCUT2D eigenvalue weighted by Crippen LogP contribution is 2.19. The zero-order valence-corrected chi connectivity index (χ0v) is 21.1. The van der Waals surface area contributed by atoms with Gasteiger partial charge in [0.1, 0.15) is 5.75 Å². The molecule has 0 atom stereocenters. The Bertz CT molecular complexity index is 1080. The number of nitrogens with one attached hydrogen (secondary N) is 2. The van der Waals surface area contributed by atoms with Crippen LogP contribution in [-0.4, -0.2) is 24.2 Å². The van der Waals surface area contributed by atoms with Gasteiger partial charge < -0.3 is 19.9 Å². The van der Waals surface area contributed by atoms with Crippen LogP contribution in [0.25, 0.3) is 0 Å². The number of nitrogens with zero attached hydrogens (tertiary/aromatic N) is 2. The summed E-state index contributed by atoms with van der Waals surface area (Å²) in [5.41, 5.74) is 4.44. The molecule has 0 amide bonds. The second-order valence-corrected chi connectivity index (χ2v) is 7.35. The second-order valence-electron chi connectivity index (χ2n) is 7.35. The average Bonchev–Trinajstić information content (AvgIpc) is 2.78. The third-order valence-corrected chi connectivity index (χ3v) is 4.93. The molecule has 0 saturated carbocycles. The Kier molecular flexibility index (Phi) is 10.3. The number of halogens is 1. The quantitative estimate of drug-likeness (QED) is 0.254. The summed E-state index contributed by atoms with van der Waals surface area (Å²) >= 11 is 0. The molecule has 0 aliphatic rings. The van der Waals surface area contributed by atoms with Crippen molar-refractivity contribution < 1.29 is 4.74 Å². The van der Waals surface area contributed by atoms with Crippen molar-refractivity contribution in [3.8, 4) is 5.75 Å². The van der Waals surface area contributed by atoms with Crippen LogP contribution in [0.3, 0.4) is 0 Å². The normalized spacial score (nSPS) is 10.9. The van der Waals surface area contributed by atoms with Crippen molar-refractivity contribution in [2.45, 2.75) is 33.5 Å². The van der Waals surface area contributed by atoms with E-state index in [0.29, 0.717) is 19.6 Å². The minimum atomic E-state index is 0. The van der Waals surface area contributed by atoms with Gasteiger partial charge in [-0.05, 0) is 42.7 Å². The van der Waals surface area contributed by atoms with Crippen LogP contribution >= 0.6 is 24.0 Å². The molecule has 0 spiro atoms. The van der Waals surface area contributed by atoms with Gasteiger partial charge in [0, 0.05) is 30.9 Å². The highest BCUT2D eigenvalue weighted by molar-refractivity contribution is 14.0. The van der Waals surface area contributed by atoms with Gasteiger partial charge in [-0.15, -0.1) is 24.0 Å². The number of pyridine rings is 1. The highest BCUT2D eigenvalue weighted by Gasteiger charge is 2.05. The molecule has 2 aromatic carbocycles. The molecule has 1 heterocycles. The second kappa shape index (κ2) is 12.9. The van der Waals surface area contributed by atoms with Crippen LogP contribution in [0.15, 0.2) is 76.6 Å². The van der Waals surface area contributed by atoms with Gasteiger partial charge in [-0.3, -0.25) is 4.79 Å². The molecule has 32 heavy (non-hydrogen) atoms. The zero-order valence-electron chi connectivity index (χ0n) is 18.8. The van der Waals surface area contributed by atoms with E-state index in [9.17, 15) is 4.79 Å². The van der Waals surface area contributed by atoms with Crippen LogP contribution in [-0.2, 0) is 19.6 Å². The van der Waals surface area contributed by atoms with Gasteiger partial charge >= 0.3 is 0 Å². The molecule has 6 nitrogen and oxygen atoms in total. The number of aliphatic imine (C=N–C) groups is 1. The number of benzene rings is 2. The van der Waals surface area contributed by atoms with E-state index in [2.05, 4.69) is 41.8 Å². The molecule has 0 radical (unpaired) electrons. The number of rotatable bonds is 8. The average molecular weight is 546 g/mol. The summed E-state index contributed by atoms with van der Waals surface area (Å²) in [6.07, 6.45) is 1.80. The van der Waals surface area contributed by atoms with Crippen LogP contribution in [0.2, 0.25) is 0 Å². The van der Waals surface area contributed by atoms with Crippen LogP contribution in [0, 0.1) is 6.92 Å². The summed E-state index contributed by atoms with van der Waals surface area (Å²) in [5, 5.41) is 6.65. The molecule has 3 aromatic rings. The largest absolute Gasteiger partial charge is 0.496 e. The number of ether oxygens (including phenoxy) is 1. The summed E-state index contributed by atoms with van der Waals surface area (Å²) in [5.74, 6) is 1.63. The van der Waals surface area contributed by atoms with Crippen LogP contribution in [0.5, 0.6) is 5.75 Å². The van der Waals surface area contributed by atoms with E-state index in [-0.39, 0.29) is 29.5 Å². The number of hydrogen-bond acceptors (Lipinski definition) is 3. The first-order chi connectivity index (χ1) is 15.1. The lowest BCUT2D eigenvalue weighted by Crippen LogP contribution is -2.36.